The average Bonchev–Trinajstić information content (AvgIpc) is 2.67. The molecule has 0 saturated carbocycles. The number of para-hydroxylation sites is 2. The van der Waals surface area contributed by atoms with Gasteiger partial charge in [-0.25, -0.2) is 4.98 Å². The summed E-state index contributed by atoms with van der Waals surface area (Å²) in [5.41, 5.74) is 1.09. The fraction of sp³-hybridized carbons (Fsp3) is 0.250. The van der Waals surface area contributed by atoms with E-state index in [1.165, 1.54) is 10.9 Å². The van der Waals surface area contributed by atoms with Crippen LogP contribution in [0.25, 0.3) is 10.9 Å². The molecule has 1 aromatic heterocycles. The number of benzene rings is 2. The first-order chi connectivity index (χ1) is 13.1. The van der Waals surface area contributed by atoms with Crippen molar-refractivity contribution in [2.24, 2.45) is 0 Å². The second-order valence-corrected chi connectivity index (χ2v) is 6.96. The van der Waals surface area contributed by atoms with Crippen molar-refractivity contribution in [1.82, 2.24) is 9.55 Å². The van der Waals surface area contributed by atoms with Gasteiger partial charge in [-0.15, -0.1) is 0 Å². The second kappa shape index (κ2) is 8.81. The first kappa shape index (κ1) is 19.1. The lowest BCUT2D eigenvalue weighted by molar-refractivity contribution is -0.116. The number of rotatable bonds is 7. The molecule has 1 N–H and O–H groups in total. The molecule has 3 aromatic rings. The molecule has 0 spiro atoms. The first-order valence-electron chi connectivity index (χ1n) is 8.75. The molecular weight excluding hydrogens is 410 g/mol. The van der Waals surface area contributed by atoms with Gasteiger partial charge in [-0.2, -0.15) is 0 Å². The first-order valence-corrected chi connectivity index (χ1v) is 9.54. The van der Waals surface area contributed by atoms with E-state index < -0.39 is 0 Å². The van der Waals surface area contributed by atoms with Crippen LogP contribution in [0.5, 0.6) is 5.75 Å². The van der Waals surface area contributed by atoms with Gasteiger partial charge in [0.2, 0.25) is 5.91 Å². The molecule has 7 heteroatoms. The maximum Gasteiger partial charge on any atom is 0.261 e. The lowest BCUT2D eigenvalue weighted by Crippen LogP contribution is -2.23. The summed E-state index contributed by atoms with van der Waals surface area (Å²) in [6.07, 6.45) is 2.52. The molecule has 1 amide bonds. The Bertz CT molecular complexity index is 1020. The summed E-state index contributed by atoms with van der Waals surface area (Å²) in [4.78, 5) is 29.2. The number of carbonyl (C=O) groups excluding carboxylic acids is 1. The van der Waals surface area contributed by atoms with E-state index in [-0.39, 0.29) is 24.4 Å². The van der Waals surface area contributed by atoms with Gasteiger partial charge in [0.15, 0.2) is 0 Å². The van der Waals surface area contributed by atoms with Gasteiger partial charge >= 0.3 is 0 Å². The van der Waals surface area contributed by atoms with Crippen LogP contribution >= 0.6 is 15.9 Å². The molecule has 0 atom stereocenters. The highest BCUT2D eigenvalue weighted by molar-refractivity contribution is 9.10. The Morgan fingerprint density at radius 1 is 1.26 bits per heavy atom. The topological polar surface area (TPSA) is 73.2 Å². The molecule has 0 saturated heterocycles. The summed E-state index contributed by atoms with van der Waals surface area (Å²) in [5, 5.41) is 3.37. The molecule has 2 aromatic carbocycles. The summed E-state index contributed by atoms with van der Waals surface area (Å²) < 4.78 is 7.91. The number of anilines is 1. The summed E-state index contributed by atoms with van der Waals surface area (Å²) in [6, 6.07) is 12.7. The lowest BCUT2D eigenvalue weighted by atomic mass is 10.2. The highest BCUT2D eigenvalue weighted by Gasteiger charge is 2.10. The van der Waals surface area contributed by atoms with E-state index in [2.05, 4.69) is 26.2 Å². The Labute approximate surface area is 165 Å². The summed E-state index contributed by atoms with van der Waals surface area (Å²) in [6.45, 7) is 2.85. The SMILES string of the molecule is CCCOc1ccccc1NC(=O)CCn1cnc2ccc(Br)cc2c1=O. The fourth-order valence-electron chi connectivity index (χ4n) is 2.63. The third kappa shape index (κ3) is 4.74. The molecule has 0 aliphatic rings. The predicted octanol–water partition coefficient (Wildman–Crippen LogP) is 3.98. The largest absolute Gasteiger partial charge is 0.491 e. The molecule has 6 nitrogen and oxygen atoms in total. The molecule has 3 rings (SSSR count). The van der Waals surface area contributed by atoms with E-state index in [1.54, 1.807) is 18.2 Å². The second-order valence-electron chi connectivity index (χ2n) is 6.05. The number of carbonyl (C=O) groups is 1. The molecule has 1 heterocycles. The molecule has 0 bridgehead atoms. The minimum absolute atomic E-state index is 0.156. The van der Waals surface area contributed by atoms with Crippen LogP contribution in [0.4, 0.5) is 5.69 Å². The van der Waals surface area contributed by atoms with Crippen LogP contribution in [0.1, 0.15) is 19.8 Å². The molecule has 0 aliphatic heterocycles. The number of aromatic nitrogens is 2. The summed E-state index contributed by atoms with van der Waals surface area (Å²) in [5.74, 6) is 0.450. The normalized spacial score (nSPS) is 10.7. The molecule has 0 unspecified atom stereocenters. The number of ether oxygens (including phenoxy) is 1. The Hall–Kier alpha value is -2.67. The quantitative estimate of drug-likeness (QED) is 0.616. The lowest BCUT2D eigenvalue weighted by Gasteiger charge is -2.12. The number of hydrogen-bond acceptors (Lipinski definition) is 4. The van der Waals surface area contributed by atoms with Crippen molar-refractivity contribution in [3.63, 3.8) is 0 Å². The van der Waals surface area contributed by atoms with Crippen molar-refractivity contribution < 1.29 is 9.53 Å². The van der Waals surface area contributed by atoms with Gasteiger partial charge in [-0.3, -0.25) is 14.2 Å². The Morgan fingerprint density at radius 2 is 2.07 bits per heavy atom. The van der Waals surface area contributed by atoms with Crippen molar-refractivity contribution in [2.45, 2.75) is 26.3 Å². The van der Waals surface area contributed by atoms with Crippen LogP contribution in [0.3, 0.4) is 0 Å². The maximum absolute atomic E-state index is 12.6. The van der Waals surface area contributed by atoms with Gasteiger partial charge in [0.1, 0.15) is 5.75 Å². The Balaban J connectivity index is 1.69. The Morgan fingerprint density at radius 3 is 2.89 bits per heavy atom. The van der Waals surface area contributed by atoms with Crippen molar-refractivity contribution >= 4 is 38.4 Å². The smallest absolute Gasteiger partial charge is 0.261 e. The van der Waals surface area contributed by atoms with Gasteiger partial charge in [-0.1, -0.05) is 35.0 Å². The standard InChI is InChI=1S/C20H20BrN3O3/c1-2-11-27-18-6-4-3-5-17(18)23-19(25)9-10-24-13-22-16-8-7-14(21)12-15(16)20(24)26/h3-8,12-13H,2,9-11H2,1H3,(H,23,25). The average molecular weight is 430 g/mol. The van der Waals surface area contributed by atoms with Gasteiger partial charge in [-0.05, 0) is 36.8 Å². The molecule has 0 aliphatic carbocycles. The maximum atomic E-state index is 12.6. The van der Waals surface area contributed by atoms with Crippen molar-refractivity contribution in [2.75, 3.05) is 11.9 Å². The predicted molar refractivity (Wildman–Crippen MR) is 109 cm³/mol. The number of amides is 1. The van der Waals surface area contributed by atoms with Crippen LogP contribution in [-0.4, -0.2) is 22.1 Å². The van der Waals surface area contributed by atoms with Crippen LogP contribution in [-0.2, 0) is 11.3 Å². The summed E-state index contributed by atoms with van der Waals surface area (Å²) in [7, 11) is 0. The number of fused-ring (bicyclic) bond motifs is 1. The molecular formula is C20H20BrN3O3. The minimum atomic E-state index is -0.191. The van der Waals surface area contributed by atoms with Crippen LogP contribution < -0.4 is 15.6 Å². The molecule has 0 fully saturated rings. The highest BCUT2D eigenvalue weighted by atomic mass is 79.9. The van der Waals surface area contributed by atoms with Gasteiger partial charge in [0.05, 0.1) is 29.5 Å². The van der Waals surface area contributed by atoms with Crippen molar-refractivity contribution in [1.29, 1.82) is 0 Å². The number of hydrogen-bond donors (Lipinski definition) is 1. The van der Waals surface area contributed by atoms with E-state index in [0.29, 0.717) is 28.9 Å². The molecule has 140 valence electrons. The van der Waals surface area contributed by atoms with Crippen LogP contribution in [0.2, 0.25) is 0 Å². The van der Waals surface area contributed by atoms with E-state index in [0.717, 1.165) is 10.9 Å². The van der Waals surface area contributed by atoms with E-state index in [4.69, 9.17) is 4.74 Å². The van der Waals surface area contributed by atoms with Crippen molar-refractivity contribution in [3.05, 3.63) is 63.6 Å². The molecule has 0 radical (unpaired) electrons. The zero-order valence-electron chi connectivity index (χ0n) is 14.9. The Kier molecular flexibility index (Phi) is 6.24. The number of aryl methyl sites for hydroxylation is 1. The number of nitrogens with one attached hydrogen (secondary N) is 1. The van der Waals surface area contributed by atoms with Crippen LogP contribution in [0.15, 0.2) is 58.1 Å². The van der Waals surface area contributed by atoms with Crippen LogP contribution in [0, 0.1) is 0 Å². The van der Waals surface area contributed by atoms with E-state index in [1.807, 2.05) is 31.2 Å². The fourth-order valence-corrected chi connectivity index (χ4v) is 2.99. The third-order valence-corrected chi connectivity index (χ3v) is 4.48. The van der Waals surface area contributed by atoms with E-state index in [9.17, 15) is 9.59 Å². The summed E-state index contributed by atoms with van der Waals surface area (Å²) >= 11 is 3.36. The minimum Gasteiger partial charge on any atom is -0.491 e. The highest BCUT2D eigenvalue weighted by Crippen LogP contribution is 2.24. The molecule has 27 heavy (non-hydrogen) atoms. The van der Waals surface area contributed by atoms with Gasteiger partial charge in [0.25, 0.3) is 5.56 Å². The number of halogens is 1. The monoisotopic (exact) mass is 429 g/mol. The third-order valence-electron chi connectivity index (χ3n) is 3.99. The number of nitrogens with zero attached hydrogens (tertiary/aromatic N) is 2. The van der Waals surface area contributed by atoms with E-state index >= 15 is 0 Å². The van der Waals surface area contributed by atoms with Gasteiger partial charge < -0.3 is 10.1 Å². The zero-order valence-corrected chi connectivity index (χ0v) is 16.5. The van der Waals surface area contributed by atoms with Gasteiger partial charge in [0, 0.05) is 17.4 Å². The van der Waals surface area contributed by atoms with Crippen molar-refractivity contribution in [3.8, 4) is 5.75 Å². The zero-order chi connectivity index (χ0) is 19.2.